The van der Waals surface area contributed by atoms with Gasteiger partial charge in [-0.05, 0) is 19.4 Å². The molecule has 1 saturated heterocycles. The molecule has 0 radical (unpaired) electrons. The third kappa shape index (κ3) is 3.78. The van der Waals surface area contributed by atoms with Crippen molar-refractivity contribution in [2.75, 3.05) is 13.2 Å². The maximum absolute atomic E-state index is 9.93. The Balaban J connectivity index is 1.71. The Hall–Kier alpha value is -0.940. The van der Waals surface area contributed by atoms with Gasteiger partial charge in [0.25, 0.3) is 0 Å². The van der Waals surface area contributed by atoms with Crippen molar-refractivity contribution in [2.24, 2.45) is 0 Å². The molecule has 4 heteroatoms. The van der Waals surface area contributed by atoms with Crippen LogP contribution in [-0.4, -0.2) is 36.3 Å². The van der Waals surface area contributed by atoms with Crippen LogP contribution in [0.15, 0.2) is 30.3 Å². The Morgan fingerprint density at radius 2 is 2.11 bits per heavy atom. The number of rotatable bonds is 5. The fourth-order valence-corrected chi connectivity index (χ4v) is 1.88. The molecule has 1 heterocycles. The molecule has 0 bridgehead atoms. The van der Waals surface area contributed by atoms with Crippen LogP contribution in [0.1, 0.15) is 19.4 Å². The van der Waals surface area contributed by atoms with E-state index in [1.165, 1.54) is 0 Å². The van der Waals surface area contributed by atoms with Gasteiger partial charge < -0.3 is 19.3 Å². The van der Waals surface area contributed by atoms with Gasteiger partial charge in [-0.2, -0.15) is 0 Å². The van der Waals surface area contributed by atoms with Crippen LogP contribution in [0, 0.1) is 0 Å². The van der Waals surface area contributed by atoms with Gasteiger partial charge in [-0.1, -0.05) is 30.3 Å². The van der Waals surface area contributed by atoms with Crippen LogP contribution in [-0.2, 0) is 20.8 Å². The molecular weight excluding hydrogens is 232 g/mol. The topological polar surface area (TPSA) is 47.9 Å². The van der Waals surface area contributed by atoms with Crippen molar-refractivity contribution in [3.05, 3.63) is 35.9 Å². The second-order valence-electron chi connectivity index (χ2n) is 4.94. The summed E-state index contributed by atoms with van der Waals surface area (Å²) < 4.78 is 16.4. The van der Waals surface area contributed by atoms with Crippen LogP contribution in [0.3, 0.4) is 0 Å². The number of benzene rings is 1. The summed E-state index contributed by atoms with van der Waals surface area (Å²) in [6, 6.07) is 9.87. The highest BCUT2D eigenvalue weighted by Gasteiger charge is 2.36. The quantitative estimate of drug-likeness (QED) is 0.866. The Morgan fingerprint density at radius 1 is 1.39 bits per heavy atom. The molecule has 0 aromatic heterocycles. The zero-order chi connectivity index (χ0) is 13.0. The van der Waals surface area contributed by atoms with Gasteiger partial charge in [-0.25, -0.2) is 0 Å². The van der Waals surface area contributed by atoms with Crippen LogP contribution >= 0.6 is 0 Å². The van der Waals surface area contributed by atoms with Gasteiger partial charge >= 0.3 is 0 Å². The predicted molar refractivity (Wildman–Crippen MR) is 67.0 cm³/mol. The SMILES string of the molecule is CC1(C)OC[C@H]([C@H](O)COCc2ccccc2)O1. The molecule has 0 unspecified atom stereocenters. The first-order valence-corrected chi connectivity index (χ1v) is 6.18. The molecule has 1 aromatic rings. The molecule has 2 rings (SSSR count). The van der Waals surface area contributed by atoms with Crippen LogP contribution in [0.2, 0.25) is 0 Å². The van der Waals surface area contributed by atoms with Crippen molar-refractivity contribution in [1.82, 2.24) is 0 Å². The van der Waals surface area contributed by atoms with Crippen LogP contribution in [0.4, 0.5) is 0 Å². The van der Waals surface area contributed by atoms with E-state index >= 15 is 0 Å². The second kappa shape index (κ2) is 5.80. The summed E-state index contributed by atoms with van der Waals surface area (Å²) in [5, 5.41) is 9.93. The highest BCUT2D eigenvalue weighted by Crippen LogP contribution is 2.24. The maximum Gasteiger partial charge on any atom is 0.163 e. The fraction of sp³-hybridized carbons (Fsp3) is 0.571. The molecule has 0 amide bonds. The first kappa shape index (κ1) is 13.5. The molecule has 1 aromatic carbocycles. The van der Waals surface area contributed by atoms with E-state index in [-0.39, 0.29) is 12.7 Å². The third-order valence-electron chi connectivity index (χ3n) is 2.86. The lowest BCUT2D eigenvalue weighted by Gasteiger charge is -2.20. The van der Waals surface area contributed by atoms with Gasteiger partial charge in [0, 0.05) is 0 Å². The summed E-state index contributed by atoms with van der Waals surface area (Å²) in [7, 11) is 0. The third-order valence-corrected chi connectivity index (χ3v) is 2.86. The predicted octanol–water partition coefficient (Wildman–Crippen LogP) is 1.72. The average Bonchev–Trinajstić information content (AvgIpc) is 2.71. The van der Waals surface area contributed by atoms with Gasteiger partial charge in [0.05, 0.1) is 19.8 Å². The fourth-order valence-electron chi connectivity index (χ4n) is 1.88. The van der Waals surface area contributed by atoms with E-state index < -0.39 is 11.9 Å². The molecule has 1 aliphatic rings. The Kier molecular flexibility index (Phi) is 4.35. The molecular formula is C14H20O4. The number of ether oxygens (including phenoxy) is 3. The summed E-state index contributed by atoms with van der Waals surface area (Å²) in [6.45, 7) is 4.83. The van der Waals surface area contributed by atoms with Crippen molar-refractivity contribution in [3.8, 4) is 0 Å². The minimum Gasteiger partial charge on any atom is -0.388 e. The highest BCUT2D eigenvalue weighted by molar-refractivity contribution is 5.13. The molecule has 4 nitrogen and oxygen atoms in total. The molecule has 0 aliphatic carbocycles. The lowest BCUT2D eigenvalue weighted by molar-refractivity contribution is -0.156. The number of hydrogen-bond donors (Lipinski definition) is 1. The molecule has 0 spiro atoms. The highest BCUT2D eigenvalue weighted by atomic mass is 16.7. The first-order valence-electron chi connectivity index (χ1n) is 6.18. The lowest BCUT2D eigenvalue weighted by Crippen LogP contribution is -2.34. The number of aliphatic hydroxyl groups excluding tert-OH is 1. The van der Waals surface area contributed by atoms with E-state index in [0.717, 1.165) is 5.56 Å². The molecule has 1 N–H and O–H groups in total. The van der Waals surface area contributed by atoms with Gasteiger partial charge in [-0.3, -0.25) is 0 Å². The van der Waals surface area contributed by atoms with E-state index in [4.69, 9.17) is 14.2 Å². The van der Waals surface area contributed by atoms with Crippen molar-refractivity contribution in [3.63, 3.8) is 0 Å². The van der Waals surface area contributed by atoms with E-state index in [2.05, 4.69) is 0 Å². The molecule has 1 aliphatic heterocycles. The smallest absolute Gasteiger partial charge is 0.163 e. The number of aliphatic hydroxyl groups is 1. The van der Waals surface area contributed by atoms with Gasteiger partial charge in [0.1, 0.15) is 12.2 Å². The summed E-state index contributed by atoms with van der Waals surface area (Å²) in [5.41, 5.74) is 1.09. The normalized spacial score (nSPS) is 24.1. The van der Waals surface area contributed by atoms with Crippen molar-refractivity contribution < 1.29 is 19.3 Å². The summed E-state index contributed by atoms with van der Waals surface area (Å²) >= 11 is 0. The molecule has 1 fully saturated rings. The van der Waals surface area contributed by atoms with Gasteiger partial charge in [-0.15, -0.1) is 0 Å². The van der Waals surface area contributed by atoms with Crippen molar-refractivity contribution in [1.29, 1.82) is 0 Å². The van der Waals surface area contributed by atoms with E-state index in [0.29, 0.717) is 13.2 Å². The molecule has 100 valence electrons. The van der Waals surface area contributed by atoms with Crippen LogP contribution < -0.4 is 0 Å². The Morgan fingerprint density at radius 3 is 2.72 bits per heavy atom. The minimum absolute atomic E-state index is 0.249. The minimum atomic E-state index is -0.657. The first-order chi connectivity index (χ1) is 8.57. The summed E-state index contributed by atoms with van der Waals surface area (Å²) in [5.74, 6) is -0.606. The zero-order valence-electron chi connectivity index (χ0n) is 10.8. The van der Waals surface area contributed by atoms with Gasteiger partial charge in [0.2, 0.25) is 0 Å². The van der Waals surface area contributed by atoms with Crippen LogP contribution in [0.5, 0.6) is 0 Å². The van der Waals surface area contributed by atoms with E-state index in [9.17, 15) is 5.11 Å². The Labute approximate surface area is 107 Å². The largest absolute Gasteiger partial charge is 0.388 e. The molecule has 0 saturated carbocycles. The monoisotopic (exact) mass is 252 g/mol. The summed E-state index contributed by atoms with van der Waals surface area (Å²) in [4.78, 5) is 0. The summed E-state index contributed by atoms with van der Waals surface area (Å²) in [6.07, 6.45) is -0.966. The Bertz CT molecular complexity index is 363. The van der Waals surface area contributed by atoms with Crippen molar-refractivity contribution in [2.45, 2.75) is 38.4 Å². The molecule has 2 atom stereocenters. The molecule has 18 heavy (non-hydrogen) atoms. The number of hydrogen-bond acceptors (Lipinski definition) is 4. The second-order valence-corrected chi connectivity index (χ2v) is 4.94. The zero-order valence-corrected chi connectivity index (χ0v) is 10.8. The lowest BCUT2D eigenvalue weighted by atomic mass is 10.2. The maximum atomic E-state index is 9.93. The van der Waals surface area contributed by atoms with E-state index in [1.807, 2.05) is 44.2 Å². The standard InChI is InChI=1S/C14H20O4/c1-14(2)17-10-13(18-14)12(15)9-16-8-11-6-4-3-5-7-11/h3-7,12-13,15H,8-10H2,1-2H3/t12-,13-/m1/s1. The average molecular weight is 252 g/mol. The van der Waals surface area contributed by atoms with Crippen LogP contribution in [0.25, 0.3) is 0 Å². The van der Waals surface area contributed by atoms with E-state index in [1.54, 1.807) is 0 Å². The van der Waals surface area contributed by atoms with Crippen molar-refractivity contribution >= 4 is 0 Å². The van der Waals surface area contributed by atoms with Gasteiger partial charge in [0.15, 0.2) is 5.79 Å².